The standard InChI is InChI=1S/C21H29N3OS/c1-17-8-9-19(15-18(17)2)22-21(26)24(16-20-7-5-14-25-20)13-6-12-23-10-3-4-11-23/h5,7-9,14-15H,3-4,6,10-13,16H2,1-2H3,(H,22,26). The zero-order valence-corrected chi connectivity index (χ0v) is 16.6. The Morgan fingerprint density at radius 1 is 1.19 bits per heavy atom. The Bertz CT molecular complexity index is 708. The van der Waals surface area contributed by atoms with Gasteiger partial charge in [0, 0.05) is 12.2 Å². The van der Waals surface area contributed by atoms with Crippen LogP contribution in [0.25, 0.3) is 0 Å². The van der Waals surface area contributed by atoms with Gasteiger partial charge in [-0.3, -0.25) is 0 Å². The molecule has 0 atom stereocenters. The second-order valence-corrected chi connectivity index (χ2v) is 7.52. The van der Waals surface area contributed by atoms with Gasteiger partial charge in [0.15, 0.2) is 5.11 Å². The first kappa shape index (κ1) is 18.9. The number of nitrogens with one attached hydrogen (secondary N) is 1. The Hall–Kier alpha value is -1.85. The molecule has 3 rings (SSSR count). The number of thiocarbonyl (C=S) groups is 1. The van der Waals surface area contributed by atoms with Crippen molar-refractivity contribution in [2.75, 3.05) is 31.5 Å². The van der Waals surface area contributed by atoms with Crippen molar-refractivity contribution in [2.45, 2.75) is 39.7 Å². The summed E-state index contributed by atoms with van der Waals surface area (Å²) in [6.45, 7) is 9.49. The summed E-state index contributed by atoms with van der Waals surface area (Å²) in [6, 6.07) is 10.3. The summed E-state index contributed by atoms with van der Waals surface area (Å²) in [5, 5.41) is 4.16. The molecule has 1 aliphatic heterocycles. The topological polar surface area (TPSA) is 31.6 Å². The van der Waals surface area contributed by atoms with E-state index in [1.165, 1.54) is 37.1 Å². The van der Waals surface area contributed by atoms with Crippen LogP contribution in [0.5, 0.6) is 0 Å². The monoisotopic (exact) mass is 371 g/mol. The van der Waals surface area contributed by atoms with Crippen molar-refractivity contribution in [1.82, 2.24) is 9.80 Å². The van der Waals surface area contributed by atoms with E-state index in [-0.39, 0.29) is 0 Å². The number of anilines is 1. The van der Waals surface area contributed by atoms with Crippen molar-refractivity contribution in [2.24, 2.45) is 0 Å². The molecule has 1 N–H and O–H groups in total. The van der Waals surface area contributed by atoms with E-state index in [9.17, 15) is 0 Å². The van der Waals surface area contributed by atoms with E-state index in [4.69, 9.17) is 16.6 Å². The van der Waals surface area contributed by atoms with Gasteiger partial charge in [-0.2, -0.15) is 0 Å². The number of aryl methyl sites for hydroxylation is 2. The summed E-state index contributed by atoms with van der Waals surface area (Å²) in [5.74, 6) is 0.940. The lowest BCUT2D eigenvalue weighted by atomic mass is 10.1. The molecule has 0 unspecified atom stereocenters. The van der Waals surface area contributed by atoms with Gasteiger partial charge < -0.3 is 19.5 Å². The fraction of sp³-hybridized carbons (Fsp3) is 0.476. The summed E-state index contributed by atoms with van der Waals surface area (Å²) in [5.41, 5.74) is 3.60. The van der Waals surface area contributed by atoms with Crippen LogP contribution in [-0.2, 0) is 6.54 Å². The molecule has 26 heavy (non-hydrogen) atoms. The van der Waals surface area contributed by atoms with Gasteiger partial charge in [0.1, 0.15) is 5.76 Å². The predicted molar refractivity (Wildman–Crippen MR) is 112 cm³/mol. The smallest absolute Gasteiger partial charge is 0.173 e. The molecule has 0 aliphatic carbocycles. The molecule has 5 heteroatoms. The quantitative estimate of drug-likeness (QED) is 0.720. The molecular formula is C21H29N3OS. The highest BCUT2D eigenvalue weighted by molar-refractivity contribution is 7.80. The molecule has 0 radical (unpaired) electrons. The molecule has 1 aromatic heterocycles. The van der Waals surface area contributed by atoms with Gasteiger partial charge in [-0.1, -0.05) is 6.07 Å². The number of rotatable bonds is 7. The lowest BCUT2D eigenvalue weighted by Crippen LogP contribution is -2.36. The Morgan fingerprint density at radius 3 is 2.69 bits per heavy atom. The highest BCUT2D eigenvalue weighted by Gasteiger charge is 2.15. The molecule has 0 saturated carbocycles. The van der Waals surface area contributed by atoms with Crippen LogP contribution in [0.4, 0.5) is 5.69 Å². The molecule has 1 aromatic carbocycles. The summed E-state index contributed by atoms with van der Waals surface area (Å²) >= 11 is 5.71. The number of benzene rings is 1. The van der Waals surface area contributed by atoms with Gasteiger partial charge >= 0.3 is 0 Å². The molecule has 1 fully saturated rings. The fourth-order valence-corrected chi connectivity index (χ4v) is 3.63. The molecule has 4 nitrogen and oxygen atoms in total. The van der Waals surface area contributed by atoms with Crippen molar-refractivity contribution in [3.8, 4) is 0 Å². The Balaban J connectivity index is 1.60. The summed E-state index contributed by atoms with van der Waals surface area (Å²) < 4.78 is 5.54. The van der Waals surface area contributed by atoms with Crippen LogP contribution in [0.3, 0.4) is 0 Å². The normalized spacial score (nSPS) is 14.5. The minimum Gasteiger partial charge on any atom is -0.467 e. The molecular weight excluding hydrogens is 342 g/mol. The van der Waals surface area contributed by atoms with E-state index in [1.807, 2.05) is 12.1 Å². The van der Waals surface area contributed by atoms with Crippen LogP contribution in [0, 0.1) is 13.8 Å². The summed E-state index contributed by atoms with van der Waals surface area (Å²) in [7, 11) is 0. The van der Waals surface area contributed by atoms with Crippen LogP contribution in [0.2, 0.25) is 0 Å². The lowest BCUT2D eigenvalue weighted by Gasteiger charge is -2.26. The minimum atomic E-state index is 0.698. The summed E-state index contributed by atoms with van der Waals surface area (Å²) in [4.78, 5) is 4.75. The number of furan rings is 1. The Morgan fingerprint density at radius 2 is 2.00 bits per heavy atom. The van der Waals surface area contributed by atoms with Gasteiger partial charge in [-0.25, -0.2) is 0 Å². The van der Waals surface area contributed by atoms with E-state index >= 15 is 0 Å². The van der Waals surface area contributed by atoms with Crippen LogP contribution in [-0.4, -0.2) is 41.1 Å². The molecule has 1 saturated heterocycles. The average molecular weight is 372 g/mol. The van der Waals surface area contributed by atoms with E-state index in [0.717, 1.165) is 36.1 Å². The van der Waals surface area contributed by atoms with E-state index in [2.05, 4.69) is 47.2 Å². The fourth-order valence-electron chi connectivity index (χ4n) is 3.36. The third-order valence-corrected chi connectivity index (χ3v) is 5.43. The predicted octanol–water partition coefficient (Wildman–Crippen LogP) is 4.58. The van der Waals surface area contributed by atoms with Gasteiger partial charge in [0.05, 0.1) is 12.8 Å². The van der Waals surface area contributed by atoms with Gasteiger partial charge in [-0.15, -0.1) is 0 Å². The highest BCUT2D eigenvalue weighted by Crippen LogP contribution is 2.16. The number of nitrogens with zero attached hydrogens (tertiary/aromatic N) is 2. The zero-order valence-electron chi connectivity index (χ0n) is 15.8. The first-order valence-electron chi connectivity index (χ1n) is 9.50. The van der Waals surface area contributed by atoms with Gasteiger partial charge in [-0.05, 0) is 100 Å². The molecule has 2 aromatic rings. The first-order chi connectivity index (χ1) is 12.6. The largest absolute Gasteiger partial charge is 0.467 e. The van der Waals surface area contributed by atoms with Crippen LogP contribution >= 0.6 is 12.2 Å². The number of hydrogen-bond acceptors (Lipinski definition) is 3. The van der Waals surface area contributed by atoms with Crippen LogP contribution < -0.4 is 5.32 Å². The summed E-state index contributed by atoms with van der Waals surface area (Å²) in [6.07, 6.45) is 5.50. The molecule has 0 spiro atoms. The van der Waals surface area contributed by atoms with Crippen molar-refractivity contribution in [3.63, 3.8) is 0 Å². The van der Waals surface area contributed by atoms with E-state index in [0.29, 0.717) is 6.54 Å². The Labute approximate surface area is 162 Å². The zero-order chi connectivity index (χ0) is 18.4. The van der Waals surface area contributed by atoms with Gasteiger partial charge in [0.2, 0.25) is 0 Å². The SMILES string of the molecule is Cc1ccc(NC(=S)N(CCCN2CCCC2)Cc2ccco2)cc1C. The maximum absolute atomic E-state index is 5.71. The third kappa shape index (κ3) is 5.32. The first-order valence-corrected chi connectivity index (χ1v) is 9.90. The van der Waals surface area contributed by atoms with Crippen molar-refractivity contribution >= 4 is 23.0 Å². The average Bonchev–Trinajstić information content (AvgIpc) is 3.31. The number of likely N-dealkylation sites (tertiary alicyclic amines) is 1. The van der Waals surface area contributed by atoms with E-state index < -0.39 is 0 Å². The molecule has 1 aliphatic rings. The van der Waals surface area contributed by atoms with Crippen LogP contribution in [0.15, 0.2) is 41.0 Å². The minimum absolute atomic E-state index is 0.698. The molecule has 0 amide bonds. The second kappa shape index (κ2) is 9.19. The van der Waals surface area contributed by atoms with Crippen LogP contribution in [0.1, 0.15) is 36.1 Å². The molecule has 2 heterocycles. The maximum atomic E-state index is 5.71. The molecule has 0 bridgehead atoms. The van der Waals surface area contributed by atoms with Crippen molar-refractivity contribution < 1.29 is 4.42 Å². The highest BCUT2D eigenvalue weighted by atomic mass is 32.1. The third-order valence-electron chi connectivity index (χ3n) is 5.07. The van der Waals surface area contributed by atoms with Gasteiger partial charge in [0.25, 0.3) is 0 Å². The Kier molecular flexibility index (Phi) is 6.69. The second-order valence-electron chi connectivity index (χ2n) is 7.13. The van der Waals surface area contributed by atoms with E-state index in [1.54, 1.807) is 6.26 Å². The maximum Gasteiger partial charge on any atom is 0.173 e. The van der Waals surface area contributed by atoms with Crippen molar-refractivity contribution in [3.05, 3.63) is 53.5 Å². The van der Waals surface area contributed by atoms with Crippen molar-refractivity contribution in [1.29, 1.82) is 0 Å². The number of hydrogen-bond donors (Lipinski definition) is 1. The lowest BCUT2D eigenvalue weighted by molar-refractivity contribution is 0.298. The molecule has 140 valence electrons.